The van der Waals surface area contributed by atoms with Gasteiger partial charge in [-0.15, -0.1) is 0 Å². The Morgan fingerprint density at radius 1 is 1.21 bits per heavy atom. The maximum atomic E-state index is 12.1. The molecule has 1 atom stereocenters. The summed E-state index contributed by atoms with van der Waals surface area (Å²) in [4.78, 5) is 21.5. The van der Waals surface area contributed by atoms with Gasteiger partial charge in [-0.3, -0.25) is 5.10 Å². The molecule has 2 aliphatic heterocycles. The largest absolute Gasteiger partial charge is 0.369 e. The van der Waals surface area contributed by atoms with Gasteiger partial charge in [-0.1, -0.05) is 0 Å². The quantitative estimate of drug-likeness (QED) is 0.771. The molecule has 0 spiro atoms. The standard InChI is InChI=1S/C21H29N7O/c1-14(2)28-19(13-29)18-12-16(27-9-7-26(4)8-10-27)5-6-17(18)21(25-28)22-20-11-15(3)23-24-20/h5-6,11-14,19H,7-10H2,1-4H3,(H2,22,23,24,25). The number of hydrogen-bond acceptors (Lipinski definition) is 6. The van der Waals surface area contributed by atoms with Crippen LogP contribution in [0.5, 0.6) is 0 Å². The molecular weight excluding hydrogens is 366 g/mol. The van der Waals surface area contributed by atoms with E-state index in [1.807, 2.05) is 18.0 Å². The molecule has 0 amide bonds. The lowest BCUT2D eigenvalue weighted by Gasteiger charge is -2.40. The number of carbonyl (C=O) groups is 1. The minimum Gasteiger partial charge on any atom is -0.369 e. The van der Waals surface area contributed by atoms with E-state index in [1.54, 1.807) is 0 Å². The maximum Gasteiger partial charge on any atom is 0.175 e. The first-order valence-corrected chi connectivity index (χ1v) is 10.1. The van der Waals surface area contributed by atoms with Crippen molar-refractivity contribution in [1.29, 1.82) is 0 Å². The van der Waals surface area contributed by atoms with Gasteiger partial charge in [0.25, 0.3) is 0 Å². The number of aliphatic imine (C=N–C) groups is 1. The van der Waals surface area contributed by atoms with Crippen LogP contribution in [-0.2, 0) is 4.79 Å². The van der Waals surface area contributed by atoms with Gasteiger partial charge < -0.3 is 20.0 Å². The molecule has 3 heterocycles. The molecule has 0 aliphatic carbocycles. The molecule has 0 radical (unpaired) electrons. The van der Waals surface area contributed by atoms with Gasteiger partial charge in [-0.25, -0.2) is 10.0 Å². The molecule has 8 heteroatoms. The lowest BCUT2D eigenvalue weighted by atomic mass is 9.95. The molecule has 29 heavy (non-hydrogen) atoms. The van der Waals surface area contributed by atoms with Crippen LogP contribution >= 0.6 is 0 Å². The summed E-state index contributed by atoms with van der Waals surface area (Å²) in [5.41, 5.74) is 7.39. The van der Waals surface area contributed by atoms with Crippen LogP contribution in [0.4, 0.5) is 11.5 Å². The van der Waals surface area contributed by atoms with Crippen LogP contribution in [-0.4, -0.2) is 71.5 Å². The molecular formula is C21H29N7O. The predicted molar refractivity (Wildman–Crippen MR) is 115 cm³/mol. The van der Waals surface area contributed by atoms with Gasteiger partial charge in [-0.2, -0.15) is 5.10 Å². The summed E-state index contributed by atoms with van der Waals surface area (Å²) in [5, 5.41) is 9.12. The number of aromatic amines is 1. The molecule has 1 aromatic carbocycles. The van der Waals surface area contributed by atoms with E-state index in [-0.39, 0.29) is 12.1 Å². The molecule has 1 aromatic heterocycles. The number of anilines is 1. The van der Waals surface area contributed by atoms with Crippen molar-refractivity contribution < 1.29 is 4.79 Å². The molecule has 1 fully saturated rings. The number of likely N-dealkylation sites (N-methyl/N-ethyl adjacent to an activating group) is 1. The Hall–Kier alpha value is -2.71. The number of carbonyl (C=O) groups excluding carboxylic acids is 1. The van der Waals surface area contributed by atoms with Gasteiger partial charge in [0.15, 0.2) is 11.7 Å². The number of rotatable bonds is 4. The zero-order chi connectivity index (χ0) is 20.5. The van der Waals surface area contributed by atoms with Crippen LogP contribution in [0.25, 0.3) is 0 Å². The molecule has 1 saturated heterocycles. The predicted octanol–water partition coefficient (Wildman–Crippen LogP) is 2.02. The number of fused-ring (bicyclic) bond motifs is 1. The summed E-state index contributed by atoms with van der Waals surface area (Å²) in [6, 6.07) is 8.01. The number of piperazine rings is 1. The lowest BCUT2D eigenvalue weighted by molar-refractivity contribution is -0.114. The summed E-state index contributed by atoms with van der Waals surface area (Å²) >= 11 is 0. The monoisotopic (exact) mass is 395 g/mol. The smallest absolute Gasteiger partial charge is 0.175 e. The molecule has 154 valence electrons. The molecule has 1 unspecified atom stereocenters. The number of aromatic nitrogens is 2. The third-order valence-corrected chi connectivity index (χ3v) is 5.62. The summed E-state index contributed by atoms with van der Waals surface area (Å²) < 4.78 is 0. The van der Waals surface area contributed by atoms with Crippen molar-refractivity contribution in [2.24, 2.45) is 4.99 Å². The third-order valence-electron chi connectivity index (χ3n) is 5.62. The zero-order valence-corrected chi connectivity index (χ0v) is 17.5. The second-order valence-electron chi connectivity index (χ2n) is 8.13. The van der Waals surface area contributed by atoms with Crippen molar-refractivity contribution in [3.05, 3.63) is 41.1 Å². The first-order chi connectivity index (χ1) is 14.0. The van der Waals surface area contributed by atoms with E-state index in [9.17, 15) is 4.79 Å². The average Bonchev–Trinajstić information content (AvgIpc) is 3.12. The van der Waals surface area contributed by atoms with Crippen LogP contribution in [0, 0.1) is 6.92 Å². The Morgan fingerprint density at radius 3 is 2.59 bits per heavy atom. The molecule has 2 aromatic rings. The van der Waals surface area contributed by atoms with E-state index >= 15 is 0 Å². The Labute approximate surface area is 171 Å². The number of H-pyrrole nitrogens is 1. The van der Waals surface area contributed by atoms with Crippen molar-refractivity contribution in [1.82, 2.24) is 25.5 Å². The van der Waals surface area contributed by atoms with Gasteiger partial charge in [0.2, 0.25) is 0 Å². The van der Waals surface area contributed by atoms with Crippen LogP contribution in [0.1, 0.15) is 36.7 Å². The van der Waals surface area contributed by atoms with Crippen LogP contribution in [0.15, 0.2) is 29.3 Å². The summed E-state index contributed by atoms with van der Waals surface area (Å²) in [5.74, 6) is 1.33. The first kappa shape index (κ1) is 19.6. The highest BCUT2D eigenvalue weighted by Gasteiger charge is 2.33. The molecule has 8 nitrogen and oxygen atoms in total. The van der Waals surface area contributed by atoms with Crippen molar-refractivity contribution in [2.75, 3.05) is 38.1 Å². The number of aryl methyl sites for hydroxylation is 1. The number of nitrogens with zero attached hydrogens (tertiary/aromatic N) is 5. The van der Waals surface area contributed by atoms with E-state index < -0.39 is 0 Å². The summed E-state index contributed by atoms with van der Waals surface area (Å²) in [6.07, 6.45) is 1.01. The van der Waals surface area contributed by atoms with Crippen LogP contribution in [0.2, 0.25) is 0 Å². The van der Waals surface area contributed by atoms with Gasteiger partial charge in [0.1, 0.15) is 12.3 Å². The van der Waals surface area contributed by atoms with E-state index in [4.69, 9.17) is 4.99 Å². The molecule has 4 rings (SSSR count). The minimum atomic E-state index is -0.364. The highest BCUT2D eigenvalue weighted by molar-refractivity contribution is 6.03. The van der Waals surface area contributed by atoms with E-state index in [2.05, 4.69) is 64.5 Å². The van der Waals surface area contributed by atoms with Gasteiger partial charge in [0.05, 0.1) is 0 Å². The minimum absolute atomic E-state index is 0.122. The van der Waals surface area contributed by atoms with E-state index in [0.717, 1.165) is 55.0 Å². The van der Waals surface area contributed by atoms with Crippen molar-refractivity contribution >= 4 is 23.6 Å². The number of amidine groups is 1. The first-order valence-electron chi connectivity index (χ1n) is 10.1. The summed E-state index contributed by atoms with van der Waals surface area (Å²) in [6.45, 7) is 10.1. The second kappa shape index (κ2) is 7.96. The molecule has 0 saturated carbocycles. The fourth-order valence-corrected chi connectivity index (χ4v) is 3.92. The Balaban J connectivity index is 1.76. The number of hydrazine groups is 1. The zero-order valence-electron chi connectivity index (χ0n) is 17.5. The highest BCUT2D eigenvalue weighted by atomic mass is 16.1. The van der Waals surface area contributed by atoms with Gasteiger partial charge in [0, 0.05) is 55.2 Å². The number of nitrogens with one attached hydrogen (secondary N) is 2. The molecule has 2 aliphatic rings. The highest BCUT2D eigenvalue weighted by Crippen LogP contribution is 2.32. The van der Waals surface area contributed by atoms with Crippen molar-refractivity contribution in [3.8, 4) is 0 Å². The van der Waals surface area contributed by atoms with Crippen LogP contribution < -0.4 is 10.3 Å². The summed E-state index contributed by atoms with van der Waals surface area (Å²) in [7, 11) is 2.15. The lowest BCUT2D eigenvalue weighted by Crippen LogP contribution is -2.53. The van der Waals surface area contributed by atoms with Crippen molar-refractivity contribution in [3.63, 3.8) is 0 Å². The Bertz CT molecular complexity index is 912. The fraction of sp³-hybridized carbons (Fsp3) is 0.476. The molecule has 2 N–H and O–H groups in total. The third kappa shape index (κ3) is 3.90. The Morgan fingerprint density at radius 2 is 1.97 bits per heavy atom. The number of benzene rings is 1. The SMILES string of the molecule is Cc1cc(N=C2NN(C(C)C)C(C=O)c3cc(N4CCN(C)CC4)ccc32)n[nH]1. The number of hydrogen-bond donors (Lipinski definition) is 2. The van der Waals surface area contributed by atoms with E-state index in [1.165, 1.54) is 0 Å². The molecule has 0 bridgehead atoms. The topological polar surface area (TPSA) is 79.9 Å². The van der Waals surface area contributed by atoms with Gasteiger partial charge >= 0.3 is 0 Å². The number of aldehydes is 1. The van der Waals surface area contributed by atoms with Gasteiger partial charge in [-0.05, 0) is 51.6 Å². The average molecular weight is 396 g/mol. The second-order valence-corrected chi connectivity index (χ2v) is 8.13. The van der Waals surface area contributed by atoms with Crippen molar-refractivity contribution in [2.45, 2.75) is 32.9 Å². The van der Waals surface area contributed by atoms with E-state index in [0.29, 0.717) is 11.7 Å². The van der Waals surface area contributed by atoms with Crippen LogP contribution in [0.3, 0.4) is 0 Å². The maximum absolute atomic E-state index is 12.1. The Kier molecular flexibility index (Phi) is 5.38. The normalized spacial score (nSPS) is 22.0. The fourth-order valence-electron chi connectivity index (χ4n) is 3.92.